The lowest BCUT2D eigenvalue weighted by Crippen LogP contribution is -2.65. The Morgan fingerprint density at radius 2 is 1.38 bits per heavy atom. The second kappa shape index (κ2) is 10.1. The molecule has 3 saturated heterocycles. The number of hydrogen-bond donors (Lipinski definition) is 9. The predicted octanol–water partition coefficient (Wildman–Crippen LogP) is -5.81. The van der Waals surface area contributed by atoms with Crippen molar-refractivity contribution in [1.29, 1.82) is 0 Å². The van der Waals surface area contributed by atoms with E-state index in [4.69, 9.17) is 28.8 Å². The SMILES string of the molecule is C[C@@H]1O[C@@H](O[C@H]2[C@H](O[C@@H]3[C@@H](O)[C@@H](O)[C@@H](C(=O)O)O[C@H]3O)OC[C@@H](O)[C@@H]2O)[C@H](O)[C@H](O)[C@H]1O. The van der Waals surface area contributed by atoms with E-state index in [-0.39, 0.29) is 0 Å². The molecule has 0 spiro atoms. The van der Waals surface area contributed by atoms with Crippen molar-refractivity contribution >= 4 is 5.97 Å². The Bertz CT molecular complexity index is 649. The average Bonchev–Trinajstić information content (AvgIpc) is 2.74. The summed E-state index contributed by atoms with van der Waals surface area (Å²) in [7, 11) is 0. The minimum absolute atomic E-state index is 0.475. The van der Waals surface area contributed by atoms with Crippen LogP contribution in [0.5, 0.6) is 0 Å². The molecule has 15 nitrogen and oxygen atoms in total. The van der Waals surface area contributed by atoms with Gasteiger partial charge in [-0.05, 0) is 6.92 Å². The summed E-state index contributed by atoms with van der Waals surface area (Å²) in [4.78, 5) is 11.1. The summed E-state index contributed by atoms with van der Waals surface area (Å²) in [5, 5.41) is 89.4. The van der Waals surface area contributed by atoms with Crippen LogP contribution in [-0.2, 0) is 28.5 Å². The zero-order valence-corrected chi connectivity index (χ0v) is 16.8. The largest absolute Gasteiger partial charge is 0.479 e. The first kappa shape index (κ1) is 25.6. The van der Waals surface area contributed by atoms with Crippen molar-refractivity contribution in [2.24, 2.45) is 0 Å². The van der Waals surface area contributed by atoms with Gasteiger partial charge in [0, 0.05) is 0 Å². The minimum atomic E-state index is -2.03. The lowest BCUT2D eigenvalue weighted by molar-refractivity contribution is -0.377. The van der Waals surface area contributed by atoms with E-state index >= 15 is 0 Å². The fraction of sp³-hybridized carbons (Fsp3) is 0.941. The quantitative estimate of drug-likeness (QED) is 0.181. The Kier molecular flexibility index (Phi) is 8.04. The third-order valence-corrected chi connectivity index (χ3v) is 5.63. The van der Waals surface area contributed by atoms with Gasteiger partial charge in [-0.25, -0.2) is 4.79 Å². The predicted molar refractivity (Wildman–Crippen MR) is 94.4 cm³/mol. The third-order valence-electron chi connectivity index (χ3n) is 5.63. The maximum absolute atomic E-state index is 11.1. The first-order chi connectivity index (χ1) is 14.9. The maximum atomic E-state index is 11.1. The number of hydrogen-bond acceptors (Lipinski definition) is 14. The molecule has 0 unspecified atom stereocenters. The molecule has 3 heterocycles. The van der Waals surface area contributed by atoms with Gasteiger partial charge in [0.05, 0.1) is 12.7 Å². The number of aliphatic carboxylic acids is 1. The number of carboxylic acids is 1. The van der Waals surface area contributed by atoms with Crippen LogP contribution < -0.4 is 0 Å². The van der Waals surface area contributed by atoms with Crippen LogP contribution in [0, 0.1) is 0 Å². The molecule has 15 heteroatoms. The average molecular weight is 472 g/mol. The molecule has 186 valence electrons. The van der Waals surface area contributed by atoms with Gasteiger partial charge in [-0.3, -0.25) is 0 Å². The highest BCUT2D eigenvalue weighted by Crippen LogP contribution is 2.30. The van der Waals surface area contributed by atoms with E-state index < -0.39 is 98.6 Å². The molecule has 0 bridgehead atoms. The summed E-state index contributed by atoms with van der Waals surface area (Å²) in [6, 6.07) is 0. The molecule has 0 aromatic rings. The van der Waals surface area contributed by atoms with Gasteiger partial charge < -0.3 is 69.6 Å². The van der Waals surface area contributed by atoms with Crippen molar-refractivity contribution in [1.82, 2.24) is 0 Å². The van der Waals surface area contributed by atoms with Crippen LogP contribution in [0.25, 0.3) is 0 Å². The molecule has 3 aliphatic rings. The van der Waals surface area contributed by atoms with Crippen LogP contribution in [0.3, 0.4) is 0 Å². The highest BCUT2D eigenvalue weighted by molar-refractivity contribution is 5.73. The monoisotopic (exact) mass is 472 g/mol. The Balaban J connectivity index is 1.75. The highest BCUT2D eigenvalue weighted by atomic mass is 16.8. The molecule has 0 aromatic carbocycles. The Labute approximate surface area is 180 Å². The molecule has 0 saturated carbocycles. The number of carboxylic acid groups (broad SMARTS) is 1. The molecule has 0 aliphatic carbocycles. The standard InChI is InChI=1S/C17H28O15/c1-3-5(19)7(21)10(24)16(29-3)32-13-6(20)4(18)2-28-17(13)31-12-9(23)8(22)11(14(25)26)30-15(12)27/h3-13,15-24,27H,2H2,1H3,(H,25,26)/t3-,4+,5-,6-,7+,8+,9-,10+,11-,12+,13+,15+,16-,17-/m0/s1. The first-order valence-corrected chi connectivity index (χ1v) is 9.84. The third kappa shape index (κ3) is 4.90. The first-order valence-electron chi connectivity index (χ1n) is 9.84. The summed E-state index contributed by atoms with van der Waals surface area (Å²) in [5.74, 6) is -1.64. The van der Waals surface area contributed by atoms with Crippen LogP contribution >= 0.6 is 0 Å². The molecular formula is C17H28O15. The zero-order chi connectivity index (χ0) is 23.9. The Morgan fingerprint density at radius 3 is 2.00 bits per heavy atom. The summed E-state index contributed by atoms with van der Waals surface area (Å²) in [6.07, 6.45) is -23.6. The van der Waals surface area contributed by atoms with E-state index in [1.165, 1.54) is 6.92 Å². The van der Waals surface area contributed by atoms with Gasteiger partial charge in [0.1, 0.15) is 54.9 Å². The lowest BCUT2D eigenvalue weighted by Gasteiger charge is -2.46. The molecule has 0 radical (unpaired) electrons. The van der Waals surface area contributed by atoms with E-state index in [2.05, 4.69) is 0 Å². The van der Waals surface area contributed by atoms with Crippen LogP contribution in [0.15, 0.2) is 0 Å². The normalized spacial score (nSPS) is 52.5. The molecule has 3 fully saturated rings. The minimum Gasteiger partial charge on any atom is -0.479 e. The second-order valence-corrected chi connectivity index (χ2v) is 7.91. The summed E-state index contributed by atoms with van der Waals surface area (Å²) >= 11 is 0. The fourth-order valence-corrected chi connectivity index (χ4v) is 3.67. The van der Waals surface area contributed by atoms with Crippen molar-refractivity contribution in [2.45, 2.75) is 92.9 Å². The molecule has 0 aromatic heterocycles. The van der Waals surface area contributed by atoms with E-state index in [1.54, 1.807) is 0 Å². The van der Waals surface area contributed by atoms with Gasteiger partial charge in [-0.1, -0.05) is 0 Å². The van der Waals surface area contributed by atoms with Gasteiger partial charge in [0.25, 0.3) is 0 Å². The Hall–Kier alpha value is -1.05. The zero-order valence-electron chi connectivity index (χ0n) is 16.8. The van der Waals surface area contributed by atoms with Crippen molar-refractivity contribution in [3.8, 4) is 0 Å². The van der Waals surface area contributed by atoms with Crippen molar-refractivity contribution in [3.05, 3.63) is 0 Å². The van der Waals surface area contributed by atoms with Gasteiger partial charge in [-0.15, -0.1) is 0 Å². The fourth-order valence-electron chi connectivity index (χ4n) is 3.67. The molecular weight excluding hydrogens is 444 g/mol. The summed E-state index contributed by atoms with van der Waals surface area (Å²) in [6.45, 7) is 0.913. The molecule has 3 aliphatic heterocycles. The number of rotatable bonds is 5. The van der Waals surface area contributed by atoms with Crippen molar-refractivity contribution in [2.75, 3.05) is 6.61 Å². The van der Waals surface area contributed by atoms with Crippen LogP contribution in [0.4, 0.5) is 0 Å². The highest BCUT2D eigenvalue weighted by Gasteiger charge is 2.52. The van der Waals surface area contributed by atoms with E-state index in [0.717, 1.165) is 0 Å². The summed E-state index contributed by atoms with van der Waals surface area (Å²) < 4.78 is 26.2. The van der Waals surface area contributed by atoms with Crippen molar-refractivity contribution in [3.63, 3.8) is 0 Å². The number of carbonyl (C=O) groups is 1. The molecule has 14 atom stereocenters. The van der Waals surface area contributed by atoms with Crippen LogP contribution in [0.1, 0.15) is 6.92 Å². The summed E-state index contributed by atoms with van der Waals surface area (Å²) in [5.41, 5.74) is 0. The topological polar surface area (TPSA) is 245 Å². The molecule has 0 amide bonds. The second-order valence-electron chi connectivity index (χ2n) is 7.91. The molecule has 3 rings (SSSR count). The lowest BCUT2D eigenvalue weighted by atomic mass is 9.98. The smallest absolute Gasteiger partial charge is 0.335 e. The van der Waals surface area contributed by atoms with Gasteiger partial charge >= 0.3 is 5.97 Å². The van der Waals surface area contributed by atoms with E-state index in [1.807, 2.05) is 0 Å². The van der Waals surface area contributed by atoms with Crippen LogP contribution in [0.2, 0.25) is 0 Å². The van der Waals surface area contributed by atoms with E-state index in [0.29, 0.717) is 0 Å². The van der Waals surface area contributed by atoms with Gasteiger partial charge in [0.2, 0.25) is 0 Å². The number of aliphatic hydroxyl groups is 8. The van der Waals surface area contributed by atoms with Crippen molar-refractivity contribution < 1.29 is 74.4 Å². The maximum Gasteiger partial charge on any atom is 0.335 e. The number of aliphatic hydroxyl groups excluding tert-OH is 8. The number of ether oxygens (including phenoxy) is 5. The van der Waals surface area contributed by atoms with E-state index in [9.17, 15) is 45.6 Å². The van der Waals surface area contributed by atoms with Gasteiger partial charge in [-0.2, -0.15) is 0 Å². The van der Waals surface area contributed by atoms with Crippen LogP contribution in [-0.4, -0.2) is 145 Å². The van der Waals surface area contributed by atoms with Gasteiger partial charge in [0.15, 0.2) is 25.0 Å². The molecule has 9 N–H and O–H groups in total. The Morgan fingerprint density at radius 1 is 0.750 bits per heavy atom. The molecule has 32 heavy (non-hydrogen) atoms.